The van der Waals surface area contributed by atoms with Crippen LogP contribution in [0.2, 0.25) is 0 Å². The molecule has 2 saturated heterocycles. The summed E-state index contributed by atoms with van der Waals surface area (Å²) < 4.78 is 36.0. The molecule has 3 heterocycles. The van der Waals surface area contributed by atoms with Crippen molar-refractivity contribution in [2.24, 2.45) is 5.92 Å². The average Bonchev–Trinajstić information content (AvgIpc) is 3.10. The minimum Gasteiger partial charge on any atom is -0.494 e. The van der Waals surface area contributed by atoms with Crippen LogP contribution in [0, 0.1) is 17.6 Å². The maximum absolute atomic E-state index is 14.7. The number of fused-ring (bicyclic) bond motifs is 1. The predicted octanol–water partition coefficient (Wildman–Crippen LogP) is 4.10. The lowest BCUT2D eigenvalue weighted by Crippen LogP contribution is -2.49. The molecule has 2 atom stereocenters. The van der Waals surface area contributed by atoms with Gasteiger partial charge in [-0.25, -0.2) is 13.8 Å². The van der Waals surface area contributed by atoms with E-state index in [1.165, 1.54) is 58.0 Å². The Hall–Kier alpha value is -1.95. The summed E-state index contributed by atoms with van der Waals surface area (Å²) in [5.41, 5.74) is -0.106. The second kappa shape index (κ2) is 7.35. The Morgan fingerprint density at radius 3 is 2.85 bits per heavy atom. The van der Waals surface area contributed by atoms with Crippen LogP contribution in [-0.2, 0) is 6.54 Å². The molecule has 2 aliphatic heterocycles. The normalized spacial score (nSPS) is 23.7. The Morgan fingerprint density at radius 2 is 2.00 bits per heavy atom. The van der Waals surface area contributed by atoms with Gasteiger partial charge in [0.25, 0.3) is 0 Å². The minimum absolute atomic E-state index is 0.0343. The van der Waals surface area contributed by atoms with Crippen molar-refractivity contribution in [3.63, 3.8) is 0 Å². The van der Waals surface area contributed by atoms with Crippen LogP contribution >= 0.6 is 0 Å². The lowest BCUT2D eigenvalue weighted by Gasteiger charge is -2.44. The maximum atomic E-state index is 14.7. The number of ether oxygens (including phenoxy) is 1. The van der Waals surface area contributed by atoms with Crippen molar-refractivity contribution in [3.05, 3.63) is 36.2 Å². The molecule has 140 valence electrons. The molecule has 0 spiro atoms. The number of rotatable bonds is 4. The summed E-state index contributed by atoms with van der Waals surface area (Å²) in [6.45, 7) is 3.10. The average molecular weight is 361 g/mol. The number of hydrogen-bond acceptors (Lipinski definition) is 3. The molecule has 0 bridgehead atoms. The molecule has 26 heavy (non-hydrogen) atoms. The largest absolute Gasteiger partial charge is 0.494 e. The molecule has 1 aromatic heterocycles. The molecule has 0 unspecified atom stereocenters. The summed E-state index contributed by atoms with van der Waals surface area (Å²) in [6, 6.07) is 3.12. The second-order valence-electron chi connectivity index (χ2n) is 7.34. The first kappa shape index (κ1) is 17.5. The SMILES string of the molecule is COc1ccc(F)c(-c2nccn2C[C@@H]2CCCN3CCCC[C@H]23)c1F. The number of methoxy groups -OCH3 is 1. The number of piperidine rings is 2. The van der Waals surface area contributed by atoms with Crippen LogP contribution in [0.25, 0.3) is 11.4 Å². The van der Waals surface area contributed by atoms with E-state index in [-0.39, 0.29) is 11.3 Å². The van der Waals surface area contributed by atoms with E-state index in [0.717, 1.165) is 13.0 Å². The highest BCUT2D eigenvalue weighted by Gasteiger charge is 2.33. The zero-order chi connectivity index (χ0) is 18.1. The van der Waals surface area contributed by atoms with E-state index in [0.29, 0.717) is 17.8 Å². The van der Waals surface area contributed by atoms with Crippen LogP contribution in [0.4, 0.5) is 8.78 Å². The first-order valence-electron chi connectivity index (χ1n) is 9.46. The van der Waals surface area contributed by atoms with Crippen molar-refractivity contribution < 1.29 is 13.5 Å². The quantitative estimate of drug-likeness (QED) is 0.821. The Balaban J connectivity index is 1.64. The van der Waals surface area contributed by atoms with E-state index in [9.17, 15) is 8.78 Å². The van der Waals surface area contributed by atoms with Gasteiger partial charge in [-0.05, 0) is 56.8 Å². The van der Waals surface area contributed by atoms with Gasteiger partial charge in [0.15, 0.2) is 11.6 Å². The van der Waals surface area contributed by atoms with Gasteiger partial charge in [0.2, 0.25) is 0 Å². The monoisotopic (exact) mass is 361 g/mol. The molecular formula is C20H25F2N3O. The molecule has 0 N–H and O–H groups in total. The van der Waals surface area contributed by atoms with Crippen molar-refractivity contribution in [2.75, 3.05) is 20.2 Å². The Labute approximate surface area is 152 Å². The Morgan fingerprint density at radius 1 is 1.15 bits per heavy atom. The molecule has 6 heteroatoms. The predicted molar refractivity (Wildman–Crippen MR) is 96.1 cm³/mol. The van der Waals surface area contributed by atoms with Crippen molar-refractivity contribution in [2.45, 2.75) is 44.7 Å². The number of aromatic nitrogens is 2. The zero-order valence-corrected chi connectivity index (χ0v) is 15.1. The van der Waals surface area contributed by atoms with Gasteiger partial charge in [-0.3, -0.25) is 0 Å². The highest BCUT2D eigenvalue weighted by molar-refractivity contribution is 5.60. The van der Waals surface area contributed by atoms with Gasteiger partial charge < -0.3 is 14.2 Å². The highest BCUT2D eigenvalue weighted by atomic mass is 19.1. The number of benzene rings is 1. The Kier molecular flexibility index (Phi) is 4.94. The summed E-state index contributed by atoms with van der Waals surface area (Å²) in [5, 5.41) is 0. The van der Waals surface area contributed by atoms with Gasteiger partial charge in [0.05, 0.1) is 12.7 Å². The van der Waals surface area contributed by atoms with Gasteiger partial charge in [-0.15, -0.1) is 0 Å². The molecule has 4 rings (SSSR count). The van der Waals surface area contributed by atoms with Gasteiger partial charge in [-0.1, -0.05) is 6.42 Å². The third-order valence-electron chi connectivity index (χ3n) is 5.87. The van der Waals surface area contributed by atoms with Crippen LogP contribution in [0.1, 0.15) is 32.1 Å². The fraction of sp³-hybridized carbons (Fsp3) is 0.550. The van der Waals surface area contributed by atoms with Crippen molar-refractivity contribution in [3.8, 4) is 17.1 Å². The third kappa shape index (κ3) is 3.11. The van der Waals surface area contributed by atoms with E-state index in [4.69, 9.17) is 4.74 Å². The lowest BCUT2D eigenvalue weighted by atomic mass is 9.83. The number of hydrogen-bond donors (Lipinski definition) is 0. The van der Waals surface area contributed by atoms with Gasteiger partial charge in [0, 0.05) is 25.0 Å². The van der Waals surface area contributed by atoms with E-state index in [1.54, 1.807) is 6.20 Å². The van der Waals surface area contributed by atoms with Gasteiger partial charge >= 0.3 is 0 Å². The van der Waals surface area contributed by atoms with Crippen molar-refractivity contribution >= 4 is 0 Å². The van der Waals surface area contributed by atoms with Gasteiger partial charge in [0.1, 0.15) is 11.6 Å². The molecule has 1 aromatic carbocycles. The topological polar surface area (TPSA) is 30.3 Å². The molecule has 0 aliphatic carbocycles. The fourth-order valence-corrected chi connectivity index (χ4v) is 4.62. The summed E-state index contributed by atoms with van der Waals surface area (Å²) >= 11 is 0. The maximum Gasteiger partial charge on any atom is 0.178 e. The Bertz CT molecular complexity index is 774. The second-order valence-corrected chi connectivity index (χ2v) is 7.34. The number of nitrogens with zero attached hydrogens (tertiary/aromatic N) is 3. The lowest BCUT2D eigenvalue weighted by molar-refractivity contribution is 0.0521. The van der Waals surface area contributed by atoms with E-state index >= 15 is 0 Å². The summed E-state index contributed by atoms with van der Waals surface area (Å²) in [4.78, 5) is 6.87. The first-order chi connectivity index (χ1) is 12.7. The zero-order valence-electron chi connectivity index (χ0n) is 15.1. The van der Waals surface area contributed by atoms with E-state index < -0.39 is 11.6 Å². The number of imidazole rings is 1. The van der Waals surface area contributed by atoms with Crippen LogP contribution in [0.5, 0.6) is 5.75 Å². The fourth-order valence-electron chi connectivity index (χ4n) is 4.62. The molecule has 2 aliphatic rings. The molecule has 2 aromatic rings. The summed E-state index contributed by atoms with van der Waals surface area (Å²) in [6.07, 6.45) is 9.56. The smallest absolute Gasteiger partial charge is 0.178 e. The molecule has 4 nitrogen and oxygen atoms in total. The number of halogens is 2. The molecule has 0 saturated carbocycles. The standard InChI is InChI=1S/C20H25F2N3O/c1-26-17-8-7-15(21)18(19(17)22)20-23-9-12-25(20)13-14-5-4-11-24-10-3-2-6-16(14)24/h7-9,12,14,16H,2-6,10-11,13H2,1H3/t14-,16+/m0/s1. The van der Waals surface area contributed by atoms with Crippen LogP contribution in [0.15, 0.2) is 24.5 Å². The highest BCUT2D eigenvalue weighted by Crippen LogP contribution is 2.34. The van der Waals surface area contributed by atoms with Crippen LogP contribution in [0.3, 0.4) is 0 Å². The third-order valence-corrected chi connectivity index (χ3v) is 5.87. The first-order valence-corrected chi connectivity index (χ1v) is 9.46. The molecule has 2 fully saturated rings. The molecule has 0 amide bonds. The van der Waals surface area contributed by atoms with Crippen LogP contribution in [-0.4, -0.2) is 40.7 Å². The minimum atomic E-state index is -0.692. The van der Waals surface area contributed by atoms with Crippen LogP contribution < -0.4 is 4.74 Å². The van der Waals surface area contributed by atoms with E-state index in [2.05, 4.69) is 9.88 Å². The van der Waals surface area contributed by atoms with Crippen molar-refractivity contribution in [1.82, 2.24) is 14.5 Å². The summed E-state index contributed by atoms with van der Waals surface area (Å²) in [5.74, 6) is -0.436. The van der Waals surface area contributed by atoms with E-state index in [1.807, 2.05) is 10.8 Å². The molecule has 0 radical (unpaired) electrons. The molecular weight excluding hydrogens is 336 g/mol. The van der Waals surface area contributed by atoms with Crippen molar-refractivity contribution in [1.29, 1.82) is 0 Å². The van der Waals surface area contributed by atoms with Gasteiger partial charge in [-0.2, -0.15) is 0 Å². The summed E-state index contributed by atoms with van der Waals surface area (Å²) in [7, 11) is 1.38.